The minimum Gasteiger partial charge on any atom is -0.388 e. The van der Waals surface area contributed by atoms with E-state index in [0.717, 1.165) is 6.33 Å². The average molecular weight is 602 g/mol. The smallest absolute Gasteiger partial charge is 0.388 e. The second-order valence-corrected chi connectivity index (χ2v) is 11.9. The fourth-order valence-electron chi connectivity index (χ4n) is 4.13. The lowest BCUT2D eigenvalue weighted by atomic mass is 9.97. The van der Waals surface area contributed by atoms with Gasteiger partial charge in [-0.05, 0) is 13.3 Å². The Morgan fingerprint density at radius 2 is 1.67 bits per heavy atom. The van der Waals surface area contributed by atoms with E-state index in [2.05, 4.69) is 28.3 Å². The van der Waals surface area contributed by atoms with Crippen LogP contribution in [-0.2, 0) is 32.0 Å². The third-order valence-electron chi connectivity index (χ3n) is 6.08. The lowest BCUT2D eigenvalue weighted by Gasteiger charge is -2.40. The summed E-state index contributed by atoms with van der Waals surface area (Å²) < 4.78 is 49.9. The highest BCUT2D eigenvalue weighted by Crippen LogP contribution is 2.61. The molecule has 4 heterocycles. The summed E-state index contributed by atoms with van der Waals surface area (Å²) in [6.07, 6.45) is -13.4. The highest BCUT2D eigenvalue weighted by molar-refractivity contribution is 7.61. The number of fused-ring (bicyclic) bond motifs is 1. The lowest BCUT2D eigenvalue weighted by molar-refractivity contribution is -0.275. The van der Waals surface area contributed by atoms with Crippen molar-refractivity contribution in [3.8, 4) is 0 Å². The van der Waals surface area contributed by atoms with Gasteiger partial charge in [0.05, 0.1) is 19.0 Å². The first-order valence-corrected chi connectivity index (χ1v) is 14.5. The minimum absolute atomic E-state index is 0.0265. The van der Waals surface area contributed by atoms with E-state index in [4.69, 9.17) is 9.47 Å². The predicted octanol–water partition coefficient (Wildman–Crippen LogP) is -2.48. The van der Waals surface area contributed by atoms with E-state index in [9.17, 15) is 49.2 Å². The van der Waals surface area contributed by atoms with Crippen LogP contribution in [0.4, 0.5) is 0 Å². The van der Waals surface area contributed by atoms with Gasteiger partial charge in [-0.3, -0.25) is 18.4 Å². The van der Waals surface area contributed by atoms with Crippen LogP contribution in [0.2, 0.25) is 0 Å². The number of aryl methyl sites for hydroxylation is 1. The SMILES string of the molecule is CCC1O[C@H](OP(=O)(O)OP(=O)(O)OC[C@H]2O[C@@H](n3cnc4c(=O)[nH]c(C)nc43)[C@@H](O)C2O)C(O)[C@@H](O)[C@@H]1O. The quantitative estimate of drug-likeness (QED) is 0.138. The van der Waals surface area contributed by atoms with Gasteiger partial charge >= 0.3 is 15.6 Å². The zero-order valence-electron chi connectivity index (χ0n) is 20.3. The molecule has 2 fully saturated rings. The first-order chi connectivity index (χ1) is 18.1. The molecule has 11 atom stereocenters. The molecular formula is C18H28N4O15P2. The van der Waals surface area contributed by atoms with Crippen molar-refractivity contribution in [2.75, 3.05) is 6.61 Å². The Kier molecular flexibility index (Phi) is 8.78. The molecule has 2 aliphatic rings. The third kappa shape index (κ3) is 6.32. The van der Waals surface area contributed by atoms with Crippen molar-refractivity contribution in [1.82, 2.24) is 19.5 Å². The van der Waals surface area contributed by atoms with Crippen molar-refractivity contribution in [2.45, 2.75) is 75.5 Å². The highest BCUT2D eigenvalue weighted by Gasteiger charge is 2.49. The number of aromatic amines is 1. The van der Waals surface area contributed by atoms with Crippen LogP contribution in [0.15, 0.2) is 11.1 Å². The molecule has 0 bridgehead atoms. The molecule has 0 saturated carbocycles. The maximum atomic E-state index is 12.3. The molecule has 0 spiro atoms. The number of aliphatic hydroxyl groups is 5. The first-order valence-electron chi connectivity index (χ1n) is 11.5. The standard InChI is InChI=1S/C18H28N4O15P2/c1-3-7-10(23)12(25)14(27)18(35-7)36-39(31,32)37-38(29,30)33-4-8-11(24)13(26)17(34-8)22-5-19-9-15(22)20-6(2)21-16(9)28/h5,7-8,10-14,17-18,23-27H,3-4H2,1-2H3,(H,29,30)(H,31,32)(H,20,21,28)/t7?,8-,10-,11?,12+,13+,14?,17-,18-/m1/s1. The van der Waals surface area contributed by atoms with Gasteiger partial charge in [0.15, 0.2) is 23.7 Å². The molecule has 39 heavy (non-hydrogen) atoms. The molecule has 4 rings (SSSR count). The lowest BCUT2D eigenvalue weighted by Crippen LogP contribution is -2.57. The maximum Gasteiger partial charge on any atom is 0.483 e. The van der Waals surface area contributed by atoms with E-state index in [-0.39, 0.29) is 23.4 Å². The number of imidazole rings is 1. The molecule has 21 heteroatoms. The van der Waals surface area contributed by atoms with Crippen LogP contribution in [0.5, 0.6) is 0 Å². The summed E-state index contributed by atoms with van der Waals surface area (Å²) in [5, 5.41) is 50.5. The summed E-state index contributed by atoms with van der Waals surface area (Å²) in [7, 11) is -10.9. The second kappa shape index (κ2) is 11.3. The average Bonchev–Trinajstić information content (AvgIpc) is 3.38. The van der Waals surface area contributed by atoms with Crippen LogP contribution in [0, 0.1) is 6.92 Å². The van der Waals surface area contributed by atoms with Gasteiger partial charge in [-0.15, -0.1) is 0 Å². The first kappa shape index (κ1) is 30.3. The van der Waals surface area contributed by atoms with Gasteiger partial charge in [-0.25, -0.2) is 19.1 Å². The minimum atomic E-state index is -5.50. The number of aromatic nitrogens is 4. The van der Waals surface area contributed by atoms with Crippen LogP contribution in [0.3, 0.4) is 0 Å². The number of ether oxygens (including phenoxy) is 2. The number of hydrogen-bond donors (Lipinski definition) is 8. The monoisotopic (exact) mass is 602 g/mol. The fraction of sp³-hybridized carbons (Fsp3) is 0.722. The van der Waals surface area contributed by atoms with Crippen molar-refractivity contribution in [3.63, 3.8) is 0 Å². The van der Waals surface area contributed by atoms with Crippen LogP contribution < -0.4 is 5.56 Å². The molecule has 2 aromatic heterocycles. The van der Waals surface area contributed by atoms with Gasteiger partial charge in [0, 0.05) is 0 Å². The number of aliphatic hydroxyl groups excluding tert-OH is 5. The van der Waals surface area contributed by atoms with E-state index in [1.807, 2.05) is 0 Å². The molecule has 0 aromatic carbocycles. The van der Waals surface area contributed by atoms with Gasteiger partial charge in [0.25, 0.3) is 5.56 Å². The Bertz CT molecular complexity index is 1340. The van der Waals surface area contributed by atoms with E-state index < -0.39 is 83.1 Å². The predicted molar refractivity (Wildman–Crippen MR) is 124 cm³/mol. The van der Waals surface area contributed by atoms with Crippen molar-refractivity contribution < 1.29 is 67.3 Å². The number of phosphoric ester groups is 2. The molecular weight excluding hydrogens is 574 g/mol. The number of rotatable bonds is 9. The zero-order chi connectivity index (χ0) is 28.9. The third-order valence-corrected chi connectivity index (χ3v) is 8.68. The summed E-state index contributed by atoms with van der Waals surface area (Å²) in [6, 6.07) is 0. The molecule has 8 N–H and O–H groups in total. The second-order valence-electron chi connectivity index (χ2n) is 8.86. The zero-order valence-corrected chi connectivity index (χ0v) is 22.1. The number of nitrogens with zero attached hydrogens (tertiary/aromatic N) is 3. The Hall–Kier alpha value is -1.67. The maximum absolute atomic E-state index is 12.3. The Morgan fingerprint density at radius 1 is 1.00 bits per heavy atom. The van der Waals surface area contributed by atoms with Gasteiger partial charge < -0.3 is 49.8 Å². The van der Waals surface area contributed by atoms with E-state index in [1.165, 1.54) is 11.5 Å². The largest absolute Gasteiger partial charge is 0.483 e. The van der Waals surface area contributed by atoms with Crippen LogP contribution in [-0.4, -0.2) is 110 Å². The van der Waals surface area contributed by atoms with Gasteiger partial charge in [0.2, 0.25) is 0 Å². The van der Waals surface area contributed by atoms with Crippen LogP contribution >= 0.6 is 15.6 Å². The number of phosphoric acid groups is 2. The Morgan fingerprint density at radius 3 is 2.33 bits per heavy atom. The molecule has 2 aromatic rings. The number of nitrogens with one attached hydrogen (secondary N) is 1. The molecule has 220 valence electrons. The fourth-order valence-corrected chi connectivity index (χ4v) is 6.29. The number of H-pyrrole nitrogens is 1. The number of hydrogen-bond acceptors (Lipinski definition) is 15. The summed E-state index contributed by atoms with van der Waals surface area (Å²) >= 11 is 0. The van der Waals surface area contributed by atoms with Crippen molar-refractivity contribution >= 4 is 26.8 Å². The highest BCUT2D eigenvalue weighted by atomic mass is 31.3. The molecule has 0 amide bonds. The summed E-state index contributed by atoms with van der Waals surface area (Å²) in [6.45, 7) is 2.12. The summed E-state index contributed by atoms with van der Waals surface area (Å²) in [5.74, 6) is 0.234. The summed E-state index contributed by atoms with van der Waals surface area (Å²) in [5.41, 5.74) is -0.601. The van der Waals surface area contributed by atoms with Crippen molar-refractivity contribution in [1.29, 1.82) is 0 Å². The molecule has 2 saturated heterocycles. The van der Waals surface area contributed by atoms with Gasteiger partial charge in [0.1, 0.15) is 42.4 Å². The molecule has 19 nitrogen and oxygen atoms in total. The van der Waals surface area contributed by atoms with Crippen LogP contribution in [0.25, 0.3) is 11.2 Å². The molecule has 0 radical (unpaired) electrons. The van der Waals surface area contributed by atoms with Crippen LogP contribution in [0.1, 0.15) is 25.4 Å². The normalized spacial score (nSPS) is 36.6. The topological polar surface area (TPSA) is 285 Å². The Labute approximate surface area is 218 Å². The summed E-state index contributed by atoms with van der Waals surface area (Å²) in [4.78, 5) is 42.4. The Balaban J connectivity index is 1.39. The van der Waals surface area contributed by atoms with E-state index >= 15 is 0 Å². The molecule has 0 aliphatic carbocycles. The molecule has 2 aliphatic heterocycles. The van der Waals surface area contributed by atoms with Crippen molar-refractivity contribution in [3.05, 3.63) is 22.5 Å². The van der Waals surface area contributed by atoms with Gasteiger partial charge in [-0.2, -0.15) is 4.31 Å². The van der Waals surface area contributed by atoms with E-state index in [1.54, 1.807) is 6.92 Å². The molecule has 5 unspecified atom stereocenters. The van der Waals surface area contributed by atoms with E-state index in [0.29, 0.717) is 0 Å². The van der Waals surface area contributed by atoms with Gasteiger partial charge in [-0.1, -0.05) is 6.92 Å². The van der Waals surface area contributed by atoms with Crippen molar-refractivity contribution in [2.24, 2.45) is 0 Å².